The molecule has 1 aromatic carbocycles. The Balaban J connectivity index is 2.70. The van der Waals surface area contributed by atoms with E-state index in [1.54, 1.807) is 6.07 Å². The van der Waals surface area contributed by atoms with Gasteiger partial charge in [-0.05, 0) is 5.56 Å². The van der Waals surface area contributed by atoms with Crippen LogP contribution < -0.4 is 5.32 Å². The average molecular weight is 276 g/mol. The molecule has 6 heteroatoms. The first-order valence-electron chi connectivity index (χ1n) is 6.06. The lowest BCUT2D eigenvalue weighted by molar-refractivity contribution is -0.119. The van der Waals surface area contributed by atoms with Crippen molar-refractivity contribution in [3.8, 4) is 6.07 Å². The summed E-state index contributed by atoms with van der Waals surface area (Å²) >= 11 is 0. The molecule has 0 aliphatic carbocycles. The van der Waals surface area contributed by atoms with Gasteiger partial charge in [-0.3, -0.25) is 9.59 Å². The summed E-state index contributed by atoms with van der Waals surface area (Å²) in [6.07, 6.45) is -2.51. The summed E-state index contributed by atoms with van der Waals surface area (Å²) in [5, 5.41) is 30.4. The normalized spacial score (nSPS) is 13.1. The highest BCUT2D eigenvalue weighted by Gasteiger charge is 2.18. The third-order valence-electron chi connectivity index (χ3n) is 2.74. The maximum absolute atomic E-state index is 11.5. The van der Waals surface area contributed by atoms with Gasteiger partial charge in [0.15, 0.2) is 5.78 Å². The van der Waals surface area contributed by atoms with Crippen LogP contribution in [0.3, 0.4) is 0 Å². The minimum atomic E-state index is -1.16. The van der Waals surface area contributed by atoms with Crippen LogP contribution in [0.15, 0.2) is 24.3 Å². The van der Waals surface area contributed by atoms with Gasteiger partial charge >= 0.3 is 0 Å². The van der Waals surface area contributed by atoms with Gasteiger partial charge in [-0.25, -0.2) is 0 Å². The molecular formula is C14H16N2O4. The third kappa shape index (κ3) is 4.46. The summed E-state index contributed by atoms with van der Waals surface area (Å²) in [5.74, 6) is -0.596. The van der Waals surface area contributed by atoms with Gasteiger partial charge in [-0.1, -0.05) is 24.3 Å². The second-order valence-corrected chi connectivity index (χ2v) is 4.33. The van der Waals surface area contributed by atoms with Crippen LogP contribution in [0.1, 0.15) is 35.4 Å². The Morgan fingerprint density at radius 2 is 1.90 bits per heavy atom. The van der Waals surface area contributed by atoms with Crippen molar-refractivity contribution in [3.63, 3.8) is 0 Å². The highest BCUT2D eigenvalue weighted by atomic mass is 16.3. The molecule has 0 spiro atoms. The predicted octanol–water partition coefficient (Wildman–Crippen LogP) is 0.313. The van der Waals surface area contributed by atoms with Gasteiger partial charge in [0.2, 0.25) is 5.91 Å². The second-order valence-electron chi connectivity index (χ2n) is 4.33. The van der Waals surface area contributed by atoms with Crippen molar-refractivity contribution in [2.24, 2.45) is 0 Å². The molecule has 0 aromatic heterocycles. The molecule has 0 bridgehead atoms. The summed E-state index contributed by atoms with van der Waals surface area (Å²) in [6, 6.07) is 7.76. The molecule has 20 heavy (non-hydrogen) atoms. The van der Waals surface area contributed by atoms with Crippen molar-refractivity contribution in [1.29, 1.82) is 5.26 Å². The van der Waals surface area contributed by atoms with Crippen molar-refractivity contribution in [2.75, 3.05) is 6.54 Å². The summed E-state index contributed by atoms with van der Waals surface area (Å²) in [6.45, 7) is 1.25. The van der Waals surface area contributed by atoms with Crippen molar-refractivity contribution in [1.82, 2.24) is 5.32 Å². The van der Waals surface area contributed by atoms with Gasteiger partial charge in [0.25, 0.3) is 0 Å². The van der Waals surface area contributed by atoms with E-state index in [2.05, 4.69) is 5.32 Å². The zero-order valence-electron chi connectivity index (χ0n) is 11.0. The van der Waals surface area contributed by atoms with Crippen molar-refractivity contribution in [2.45, 2.75) is 25.6 Å². The Kier molecular flexibility index (Phi) is 5.84. The number of ketones is 1. The minimum absolute atomic E-state index is 0.0639. The molecule has 1 rings (SSSR count). The molecule has 106 valence electrons. The average Bonchev–Trinajstić information content (AvgIpc) is 2.44. The number of aliphatic hydroxyl groups is 2. The zero-order chi connectivity index (χ0) is 15.1. The number of nitrogens with zero attached hydrogens (tertiary/aromatic N) is 1. The number of aliphatic hydroxyl groups excluding tert-OH is 2. The number of carbonyl (C=O) groups excluding carboxylic acids is 2. The molecule has 6 nitrogen and oxygen atoms in total. The quantitative estimate of drug-likeness (QED) is 0.648. The van der Waals surface area contributed by atoms with E-state index in [1.165, 1.54) is 31.2 Å². The maximum atomic E-state index is 11.5. The van der Waals surface area contributed by atoms with Gasteiger partial charge in [-0.2, -0.15) is 5.26 Å². The van der Waals surface area contributed by atoms with E-state index in [-0.39, 0.29) is 24.7 Å². The second kappa shape index (κ2) is 7.38. The van der Waals surface area contributed by atoms with E-state index in [0.717, 1.165) is 0 Å². The van der Waals surface area contributed by atoms with E-state index in [4.69, 9.17) is 5.26 Å². The molecule has 0 heterocycles. The molecule has 0 aliphatic rings. The number of hydrogen-bond donors (Lipinski definition) is 3. The molecule has 0 aliphatic heterocycles. The molecule has 0 saturated carbocycles. The maximum Gasteiger partial charge on any atom is 0.216 e. The van der Waals surface area contributed by atoms with Gasteiger partial charge in [0.1, 0.15) is 12.2 Å². The van der Waals surface area contributed by atoms with Crippen molar-refractivity contribution in [3.05, 3.63) is 35.4 Å². The van der Waals surface area contributed by atoms with Gasteiger partial charge in [-0.15, -0.1) is 0 Å². The van der Waals surface area contributed by atoms with Crippen molar-refractivity contribution >= 4 is 11.7 Å². The molecule has 0 fully saturated rings. The summed E-state index contributed by atoms with van der Waals surface area (Å²) in [7, 11) is 0. The smallest absolute Gasteiger partial charge is 0.216 e. The number of nitriles is 1. The zero-order valence-corrected chi connectivity index (χ0v) is 11.0. The number of amides is 1. The Bertz CT molecular complexity index is 519. The molecular weight excluding hydrogens is 260 g/mol. The fourth-order valence-corrected chi connectivity index (χ4v) is 1.62. The number of carbonyl (C=O) groups is 2. The standard InChI is InChI=1S/C14H16N2O4/c1-9(17)16-8-13(19)14(20)11-4-2-10(3-5-11)12(18)6-7-15/h2-5,13-14,19-20H,6,8H2,1H3,(H,16,17). The minimum Gasteiger partial charge on any atom is -0.388 e. The van der Waals surface area contributed by atoms with Crippen LogP contribution in [0.2, 0.25) is 0 Å². The van der Waals surface area contributed by atoms with Crippen LogP contribution in [-0.2, 0) is 4.79 Å². The lowest BCUT2D eigenvalue weighted by atomic mass is 10.0. The van der Waals surface area contributed by atoms with Crippen LogP contribution in [0.5, 0.6) is 0 Å². The van der Waals surface area contributed by atoms with Gasteiger partial charge < -0.3 is 15.5 Å². The first-order valence-corrected chi connectivity index (χ1v) is 6.06. The van der Waals surface area contributed by atoms with Gasteiger partial charge in [0, 0.05) is 19.0 Å². The lowest BCUT2D eigenvalue weighted by Crippen LogP contribution is -2.34. The van der Waals surface area contributed by atoms with Crippen LogP contribution in [0.25, 0.3) is 0 Å². The number of Topliss-reactive ketones (excluding diaryl/α,β-unsaturated/α-hetero) is 1. The van der Waals surface area contributed by atoms with Crippen molar-refractivity contribution < 1.29 is 19.8 Å². The van der Waals surface area contributed by atoms with Gasteiger partial charge in [0.05, 0.1) is 12.5 Å². The van der Waals surface area contributed by atoms with E-state index >= 15 is 0 Å². The molecule has 1 amide bonds. The number of hydrogen-bond acceptors (Lipinski definition) is 5. The Labute approximate surface area is 116 Å². The van der Waals surface area contributed by atoms with Crippen LogP contribution in [0, 0.1) is 11.3 Å². The number of nitrogens with one attached hydrogen (secondary N) is 1. The largest absolute Gasteiger partial charge is 0.388 e. The fourth-order valence-electron chi connectivity index (χ4n) is 1.62. The van der Waals surface area contributed by atoms with Crippen LogP contribution >= 0.6 is 0 Å². The molecule has 2 unspecified atom stereocenters. The first kappa shape index (κ1) is 15.8. The van der Waals surface area contributed by atoms with E-state index in [1.807, 2.05) is 0 Å². The summed E-state index contributed by atoms with van der Waals surface area (Å²) in [4.78, 5) is 22.2. The SMILES string of the molecule is CC(=O)NCC(O)C(O)c1ccc(C(=O)CC#N)cc1. The Hall–Kier alpha value is -2.23. The number of rotatable bonds is 6. The molecule has 1 aromatic rings. The van der Waals surface area contributed by atoms with Crippen LogP contribution in [-0.4, -0.2) is 34.6 Å². The van der Waals surface area contributed by atoms with Crippen LogP contribution in [0.4, 0.5) is 0 Å². The first-order chi connectivity index (χ1) is 9.45. The molecule has 0 saturated heterocycles. The molecule has 0 radical (unpaired) electrons. The Morgan fingerprint density at radius 3 is 2.40 bits per heavy atom. The summed E-state index contributed by atoms with van der Waals surface area (Å²) < 4.78 is 0. The predicted molar refractivity (Wildman–Crippen MR) is 70.7 cm³/mol. The van der Waals surface area contributed by atoms with E-state index in [9.17, 15) is 19.8 Å². The fraction of sp³-hybridized carbons (Fsp3) is 0.357. The van der Waals surface area contributed by atoms with E-state index in [0.29, 0.717) is 11.1 Å². The topological polar surface area (TPSA) is 110 Å². The molecule has 3 N–H and O–H groups in total. The summed E-state index contributed by atoms with van der Waals surface area (Å²) in [5.41, 5.74) is 0.801. The molecule has 2 atom stereocenters. The third-order valence-corrected chi connectivity index (χ3v) is 2.74. The number of benzene rings is 1. The highest BCUT2D eigenvalue weighted by Crippen LogP contribution is 2.18. The highest BCUT2D eigenvalue weighted by molar-refractivity contribution is 5.97. The lowest BCUT2D eigenvalue weighted by Gasteiger charge is -2.18. The monoisotopic (exact) mass is 276 g/mol. The Morgan fingerprint density at radius 1 is 1.30 bits per heavy atom. The van der Waals surface area contributed by atoms with E-state index < -0.39 is 12.2 Å².